The van der Waals surface area contributed by atoms with E-state index >= 15 is 0 Å². The first-order chi connectivity index (χ1) is 9.13. The van der Waals surface area contributed by atoms with Crippen LogP contribution in [0.4, 0.5) is 5.82 Å². The third-order valence-corrected chi connectivity index (χ3v) is 3.87. The van der Waals surface area contributed by atoms with Crippen molar-refractivity contribution in [3.05, 3.63) is 17.0 Å². The van der Waals surface area contributed by atoms with Crippen LogP contribution in [0.25, 0.3) is 0 Å². The number of halogens is 1. The van der Waals surface area contributed by atoms with E-state index in [9.17, 15) is 0 Å². The van der Waals surface area contributed by atoms with Crippen molar-refractivity contribution in [2.45, 2.75) is 45.6 Å². The molecule has 5 heteroatoms. The second-order valence-electron chi connectivity index (χ2n) is 5.37. The van der Waals surface area contributed by atoms with E-state index in [-0.39, 0.29) is 0 Å². The molecule has 0 aromatic carbocycles. The predicted octanol–water partition coefficient (Wildman–Crippen LogP) is 3.15. The summed E-state index contributed by atoms with van der Waals surface area (Å²) in [6.45, 7) is 9.52. The van der Waals surface area contributed by atoms with Crippen LogP contribution in [0.5, 0.6) is 0 Å². The Hall–Kier alpha value is -0.870. The maximum atomic E-state index is 6.15. The van der Waals surface area contributed by atoms with Gasteiger partial charge in [-0.3, -0.25) is 4.90 Å². The molecule has 1 fully saturated rings. The summed E-state index contributed by atoms with van der Waals surface area (Å²) < 4.78 is 0. The molecule has 0 saturated heterocycles. The van der Waals surface area contributed by atoms with Gasteiger partial charge in [-0.15, -0.1) is 0 Å². The van der Waals surface area contributed by atoms with Crippen molar-refractivity contribution in [2.75, 3.05) is 25.0 Å². The molecule has 0 bridgehead atoms. The molecule has 0 aliphatic heterocycles. The van der Waals surface area contributed by atoms with E-state index in [0.717, 1.165) is 37.1 Å². The number of nitrogens with zero attached hydrogens (tertiary/aromatic N) is 3. The van der Waals surface area contributed by atoms with Gasteiger partial charge in [0.1, 0.15) is 17.3 Å². The monoisotopic (exact) mass is 282 g/mol. The fourth-order valence-electron chi connectivity index (χ4n) is 2.38. The lowest BCUT2D eigenvalue weighted by Crippen LogP contribution is -2.31. The summed E-state index contributed by atoms with van der Waals surface area (Å²) in [7, 11) is 0. The highest BCUT2D eigenvalue weighted by Crippen LogP contribution is 2.28. The predicted molar refractivity (Wildman–Crippen MR) is 79.9 cm³/mol. The van der Waals surface area contributed by atoms with E-state index in [1.54, 1.807) is 0 Å². The fourth-order valence-corrected chi connectivity index (χ4v) is 2.73. The SMILES string of the molecule is CCN(CCNc1ncnc(Cl)c1C(C)C)C1CC1. The molecule has 0 atom stereocenters. The summed E-state index contributed by atoms with van der Waals surface area (Å²) >= 11 is 6.15. The largest absolute Gasteiger partial charge is 0.368 e. The zero-order chi connectivity index (χ0) is 13.8. The van der Waals surface area contributed by atoms with Crippen molar-refractivity contribution in [2.24, 2.45) is 0 Å². The summed E-state index contributed by atoms with van der Waals surface area (Å²) in [6.07, 6.45) is 4.23. The van der Waals surface area contributed by atoms with Gasteiger partial charge in [0.05, 0.1) is 0 Å². The number of rotatable bonds is 7. The van der Waals surface area contributed by atoms with Gasteiger partial charge in [0, 0.05) is 24.7 Å². The van der Waals surface area contributed by atoms with Gasteiger partial charge in [0.2, 0.25) is 0 Å². The van der Waals surface area contributed by atoms with E-state index in [1.165, 1.54) is 19.2 Å². The molecule has 0 radical (unpaired) electrons. The zero-order valence-electron chi connectivity index (χ0n) is 12.0. The molecule has 1 N–H and O–H groups in total. The highest BCUT2D eigenvalue weighted by molar-refractivity contribution is 6.30. The highest BCUT2D eigenvalue weighted by atomic mass is 35.5. The molecule has 106 valence electrons. The van der Waals surface area contributed by atoms with Gasteiger partial charge < -0.3 is 5.32 Å². The minimum absolute atomic E-state index is 0.321. The maximum absolute atomic E-state index is 6.15. The van der Waals surface area contributed by atoms with Crippen molar-refractivity contribution < 1.29 is 0 Å². The lowest BCUT2D eigenvalue weighted by molar-refractivity contribution is 0.289. The number of hydrogen-bond donors (Lipinski definition) is 1. The standard InChI is InChI=1S/C14H23ClN4/c1-4-19(11-5-6-11)8-7-16-14-12(10(2)3)13(15)17-9-18-14/h9-11H,4-8H2,1-3H3,(H,16,17,18). The molecule has 0 unspecified atom stereocenters. The topological polar surface area (TPSA) is 41.0 Å². The quantitative estimate of drug-likeness (QED) is 0.780. The van der Waals surface area contributed by atoms with Gasteiger partial charge in [-0.1, -0.05) is 32.4 Å². The maximum Gasteiger partial charge on any atom is 0.138 e. The number of nitrogens with one attached hydrogen (secondary N) is 1. The molecular weight excluding hydrogens is 260 g/mol. The van der Waals surface area contributed by atoms with Crippen LogP contribution >= 0.6 is 11.6 Å². The van der Waals surface area contributed by atoms with Crippen LogP contribution in [0.1, 0.15) is 45.1 Å². The van der Waals surface area contributed by atoms with Gasteiger partial charge in [0.15, 0.2) is 0 Å². The average Bonchev–Trinajstić information content (AvgIpc) is 3.18. The van der Waals surface area contributed by atoms with Gasteiger partial charge in [-0.2, -0.15) is 0 Å². The first kappa shape index (κ1) is 14.5. The molecule has 1 aliphatic carbocycles. The van der Waals surface area contributed by atoms with Crippen molar-refractivity contribution in [3.63, 3.8) is 0 Å². The Morgan fingerprint density at radius 2 is 2.16 bits per heavy atom. The van der Waals surface area contributed by atoms with Crippen LogP contribution in [0.15, 0.2) is 6.33 Å². The Labute approximate surface area is 120 Å². The third-order valence-electron chi connectivity index (χ3n) is 3.57. The molecule has 1 aliphatic rings. The molecular formula is C14H23ClN4. The Morgan fingerprint density at radius 1 is 1.42 bits per heavy atom. The normalized spacial score (nSPS) is 15.3. The first-order valence-corrected chi connectivity index (χ1v) is 7.49. The number of likely N-dealkylation sites (N-methyl/N-ethyl adjacent to an activating group) is 1. The third kappa shape index (κ3) is 3.80. The molecule has 0 spiro atoms. The summed E-state index contributed by atoms with van der Waals surface area (Å²) in [5.41, 5.74) is 1.01. The second-order valence-corrected chi connectivity index (χ2v) is 5.73. The zero-order valence-corrected chi connectivity index (χ0v) is 12.7. The molecule has 0 amide bonds. The molecule has 4 nitrogen and oxygen atoms in total. The minimum Gasteiger partial charge on any atom is -0.368 e. The Balaban J connectivity index is 1.93. The summed E-state index contributed by atoms with van der Waals surface area (Å²) in [5, 5.41) is 3.96. The van der Waals surface area contributed by atoms with Crippen molar-refractivity contribution >= 4 is 17.4 Å². The van der Waals surface area contributed by atoms with Crippen LogP contribution in [-0.2, 0) is 0 Å². The van der Waals surface area contributed by atoms with Crippen molar-refractivity contribution in [3.8, 4) is 0 Å². The van der Waals surface area contributed by atoms with E-state index in [2.05, 4.69) is 41.0 Å². The van der Waals surface area contributed by atoms with Gasteiger partial charge in [-0.25, -0.2) is 9.97 Å². The van der Waals surface area contributed by atoms with E-state index in [1.807, 2.05) is 0 Å². The molecule has 19 heavy (non-hydrogen) atoms. The Kier molecular flexibility index (Phi) is 4.99. The number of anilines is 1. The highest BCUT2D eigenvalue weighted by Gasteiger charge is 2.27. The molecule has 1 aromatic rings. The lowest BCUT2D eigenvalue weighted by Gasteiger charge is -2.21. The summed E-state index contributed by atoms with van der Waals surface area (Å²) in [4.78, 5) is 10.9. The molecule has 2 rings (SSSR count). The van der Waals surface area contributed by atoms with Gasteiger partial charge in [0.25, 0.3) is 0 Å². The van der Waals surface area contributed by atoms with Crippen LogP contribution in [0.3, 0.4) is 0 Å². The van der Waals surface area contributed by atoms with Crippen molar-refractivity contribution in [1.82, 2.24) is 14.9 Å². The Morgan fingerprint density at radius 3 is 2.74 bits per heavy atom. The van der Waals surface area contributed by atoms with Gasteiger partial charge in [-0.05, 0) is 25.3 Å². The second kappa shape index (κ2) is 6.53. The Bertz CT molecular complexity index is 418. The number of hydrogen-bond acceptors (Lipinski definition) is 4. The van der Waals surface area contributed by atoms with Crippen LogP contribution in [0.2, 0.25) is 5.15 Å². The van der Waals surface area contributed by atoms with Crippen LogP contribution < -0.4 is 5.32 Å². The smallest absolute Gasteiger partial charge is 0.138 e. The minimum atomic E-state index is 0.321. The molecule has 1 heterocycles. The first-order valence-electron chi connectivity index (χ1n) is 7.11. The molecule has 1 saturated carbocycles. The van der Waals surface area contributed by atoms with Crippen molar-refractivity contribution in [1.29, 1.82) is 0 Å². The summed E-state index contributed by atoms with van der Waals surface area (Å²) in [5.74, 6) is 1.20. The van der Waals surface area contributed by atoms with Gasteiger partial charge >= 0.3 is 0 Å². The van der Waals surface area contributed by atoms with Crippen LogP contribution in [-0.4, -0.2) is 40.5 Å². The van der Waals surface area contributed by atoms with E-state index < -0.39 is 0 Å². The summed E-state index contributed by atoms with van der Waals surface area (Å²) in [6, 6.07) is 0.811. The average molecular weight is 283 g/mol. The van der Waals surface area contributed by atoms with E-state index in [0.29, 0.717) is 11.1 Å². The van der Waals surface area contributed by atoms with Crippen LogP contribution in [0, 0.1) is 0 Å². The lowest BCUT2D eigenvalue weighted by atomic mass is 10.1. The molecule has 1 aromatic heterocycles. The number of aromatic nitrogens is 2. The van der Waals surface area contributed by atoms with E-state index in [4.69, 9.17) is 11.6 Å². The fraction of sp³-hybridized carbons (Fsp3) is 0.714.